The van der Waals surface area contributed by atoms with Crippen LogP contribution in [0, 0.1) is 0 Å². The van der Waals surface area contributed by atoms with Crippen LogP contribution >= 0.6 is 0 Å². The summed E-state index contributed by atoms with van der Waals surface area (Å²) in [5.41, 5.74) is 0.752. The van der Waals surface area contributed by atoms with E-state index in [-0.39, 0.29) is 5.91 Å². The van der Waals surface area contributed by atoms with E-state index in [0.717, 1.165) is 25.2 Å². The fourth-order valence-electron chi connectivity index (χ4n) is 1.17. The second-order valence-corrected chi connectivity index (χ2v) is 3.13. The Hall–Kier alpha value is -1.36. The summed E-state index contributed by atoms with van der Waals surface area (Å²) in [6, 6.07) is 0. The van der Waals surface area contributed by atoms with Gasteiger partial charge in [-0.05, 0) is 20.0 Å². The highest BCUT2D eigenvalue weighted by Gasteiger charge is 1.98. The van der Waals surface area contributed by atoms with Crippen molar-refractivity contribution in [3.63, 3.8) is 0 Å². The minimum Gasteiger partial charge on any atom is -0.324 e. The predicted octanol–water partition coefficient (Wildman–Crippen LogP) is 0.451. The van der Waals surface area contributed by atoms with E-state index in [1.807, 2.05) is 17.9 Å². The molecule has 14 heavy (non-hydrogen) atoms. The van der Waals surface area contributed by atoms with Gasteiger partial charge in [-0.2, -0.15) is 5.10 Å². The molecule has 0 radical (unpaired) electrons. The highest BCUT2D eigenvalue weighted by atomic mass is 16.1. The van der Waals surface area contributed by atoms with Crippen LogP contribution in [-0.2, 0) is 11.3 Å². The van der Waals surface area contributed by atoms with Crippen LogP contribution in [0.1, 0.15) is 13.3 Å². The second kappa shape index (κ2) is 5.39. The van der Waals surface area contributed by atoms with Crippen LogP contribution < -0.4 is 10.6 Å². The minimum atomic E-state index is -0.0697. The summed E-state index contributed by atoms with van der Waals surface area (Å²) in [7, 11) is 1.92. The molecule has 1 heterocycles. The molecule has 2 N–H and O–H groups in total. The van der Waals surface area contributed by atoms with E-state index in [0.29, 0.717) is 0 Å². The molecule has 0 saturated carbocycles. The Kier molecular flexibility index (Phi) is 4.12. The summed E-state index contributed by atoms with van der Waals surface area (Å²) in [5, 5.41) is 9.86. The molecular weight excluding hydrogens is 180 g/mol. The highest BCUT2D eigenvalue weighted by Crippen LogP contribution is 2.04. The van der Waals surface area contributed by atoms with E-state index < -0.39 is 0 Å². The van der Waals surface area contributed by atoms with Gasteiger partial charge in [-0.25, -0.2) is 0 Å². The molecule has 5 nitrogen and oxygen atoms in total. The number of anilines is 1. The maximum atomic E-state index is 10.7. The molecule has 0 aromatic carbocycles. The zero-order valence-electron chi connectivity index (χ0n) is 8.58. The molecule has 1 amide bonds. The van der Waals surface area contributed by atoms with Gasteiger partial charge in [-0.1, -0.05) is 0 Å². The van der Waals surface area contributed by atoms with Crippen molar-refractivity contribution in [2.24, 2.45) is 0 Å². The number of hydrogen-bond acceptors (Lipinski definition) is 3. The zero-order valence-corrected chi connectivity index (χ0v) is 8.58. The molecule has 0 aliphatic carbocycles. The van der Waals surface area contributed by atoms with E-state index in [1.54, 1.807) is 6.20 Å². The van der Waals surface area contributed by atoms with Crippen LogP contribution in [0.3, 0.4) is 0 Å². The van der Waals surface area contributed by atoms with Gasteiger partial charge in [0.05, 0.1) is 11.9 Å². The average molecular weight is 196 g/mol. The van der Waals surface area contributed by atoms with Gasteiger partial charge < -0.3 is 10.6 Å². The lowest BCUT2D eigenvalue weighted by Gasteiger charge is -2.00. The van der Waals surface area contributed by atoms with Gasteiger partial charge in [0.2, 0.25) is 5.91 Å². The van der Waals surface area contributed by atoms with Crippen molar-refractivity contribution >= 4 is 11.6 Å². The Balaban J connectivity index is 2.38. The average Bonchev–Trinajstić information content (AvgIpc) is 2.52. The lowest BCUT2D eigenvalue weighted by molar-refractivity contribution is -0.114. The van der Waals surface area contributed by atoms with Crippen molar-refractivity contribution in [2.45, 2.75) is 19.9 Å². The number of aryl methyl sites for hydroxylation is 1. The van der Waals surface area contributed by atoms with E-state index >= 15 is 0 Å². The van der Waals surface area contributed by atoms with Gasteiger partial charge in [0.25, 0.3) is 0 Å². The third-order valence-electron chi connectivity index (χ3n) is 1.77. The van der Waals surface area contributed by atoms with Crippen LogP contribution in [0.5, 0.6) is 0 Å². The quantitative estimate of drug-likeness (QED) is 0.672. The lowest BCUT2D eigenvalue weighted by Crippen LogP contribution is -2.11. The Morgan fingerprint density at radius 2 is 2.43 bits per heavy atom. The molecule has 0 aliphatic rings. The van der Waals surface area contributed by atoms with E-state index in [2.05, 4.69) is 15.7 Å². The minimum absolute atomic E-state index is 0.0697. The first-order chi connectivity index (χ1) is 6.72. The maximum absolute atomic E-state index is 10.7. The molecule has 0 unspecified atom stereocenters. The monoisotopic (exact) mass is 196 g/mol. The van der Waals surface area contributed by atoms with Crippen molar-refractivity contribution in [3.8, 4) is 0 Å². The highest BCUT2D eigenvalue weighted by molar-refractivity contribution is 5.88. The second-order valence-electron chi connectivity index (χ2n) is 3.13. The first-order valence-electron chi connectivity index (χ1n) is 4.67. The van der Waals surface area contributed by atoms with E-state index in [9.17, 15) is 4.79 Å². The lowest BCUT2D eigenvalue weighted by atomic mass is 10.4. The van der Waals surface area contributed by atoms with Gasteiger partial charge in [0.1, 0.15) is 0 Å². The molecule has 0 aliphatic heterocycles. The van der Waals surface area contributed by atoms with Crippen molar-refractivity contribution < 1.29 is 4.79 Å². The number of carbonyl (C=O) groups is 1. The van der Waals surface area contributed by atoms with Crippen molar-refractivity contribution in [1.29, 1.82) is 0 Å². The summed E-state index contributed by atoms with van der Waals surface area (Å²) in [5.74, 6) is -0.0697. The number of nitrogens with zero attached hydrogens (tertiary/aromatic N) is 2. The summed E-state index contributed by atoms with van der Waals surface area (Å²) in [6.45, 7) is 3.31. The van der Waals surface area contributed by atoms with Crippen molar-refractivity contribution in [3.05, 3.63) is 12.4 Å². The SMILES string of the molecule is CNCCCn1cc(NC(C)=O)cn1. The van der Waals surface area contributed by atoms with E-state index in [4.69, 9.17) is 0 Å². The molecule has 0 atom stereocenters. The first kappa shape index (κ1) is 10.7. The molecule has 5 heteroatoms. The summed E-state index contributed by atoms with van der Waals surface area (Å²) in [6.07, 6.45) is 4.51. The standard InChI is InChI=1S/C9H16N4O/c1-8(14)12-9-6-11-13(7-9)5-3-4-10-2/h6-7,10H,3-5H2,1-2H3,(H,12,14). The Bertz CT molecular complexity index is 295. The number of nitrogens with one attached hydrogen (secondary N) is 2. The molecule has 0 fully saturated rings. The van der Waals surface area contributed by atoms with Gasteiger partial charge >= 0.3 is 0 Å². The Labute approximate surface area is 83.5 Å². The number of rotatable bonds is 5. The van der Waals surface area contributed by atoms with Crippen LogP contribution in [0.25, 0.3) is 0 Å². The molecule has 0 bridgehead atoms. The molecular formula is C9H16N4O. The number of aromatic nitrogens is 2. The molecule has 1 aromatic heterocycles. The number of carbonyl (C=O) groups excluding carboxylic acids is 1. The van der Waals surface area contributed by atoms with Crippen LogP contribution in [0.2, 0.25) is 0 Å². The van der Waals surface area contributed by atoms with Gasteiger partial charge in [0, 0.05) is 19.7 Å². The van der Waals surface area contributed by atoms with Crippen molar-refractivity contribution in [1.82, 2.24) is 15.1 Å². The predicted molar refractivity (Wildman–Crippen MR) is 55.1 cm³/mol. The van der Waals surface area contributed by atoms with Gasteiger partial charge in [0.15, 0.2) is 0 Å². The number of hydrogen-bond donors (Lipinski definition) is 2. The summed E-state index contributed by atoms with van der Waals surface area (Å²) >= 11 is 0. The summed E-state index contributed by atoms with van der Waals surface area (Å²) in [4.78, 5) is 10.7. The third-order valence-corrected chi connectivity index (χ3v) is 1.77. The topological polar surface area (TPSA) is 59.0 Å². The normalized spacial score (nSPS) is 10.1. The Morgan fingerprint density at radius 3 is 3.07 bits per heavy atom. The van der Waals surface area contributed by atoms with Crippen LogP contribution in [0.4, 0.5) is 5.69 Å². The molecule has 1 rings (SSSR count). The van der Waals surface area contributed by atoms with Crippen LogP contribution in [0.15, 0.2) is 12.4 Å². The summed E-state index contributed by atoms with van der Waals surface area (Å²) < 4.78 is 1.82. The van der Waals surface area contributed by atoms with E-state index in [1.165, 1.54) is 6.92 Å². The largest absolute Gasteiger partial charge is 0.324 e. The van der Waals surface area contributed by atoms with Gasteiger partial charge in [-0.15, -0.1) is 0 Å². The number of amides is 1. The van der Waals surface area contributed by atoms with Crippen molar-refractivity contribution in [2.75, 3.05) is 18.9 Å². The first-order valence-corrected chi connectivity index (χ1v) is 4.67. The van der Waals surface area contributed by atoms with Gasteiger partial charge in [-0.3, -0.25) is 9.48 Å². The molecule has 1 aromatic rings. The third kappa shape index (κ3) is 3.57. The van der Waals surface area contributed by atoms with Crippen LogP contribution in [-0.4, -0.2) is 29.3 Å². The smallest absolute Gasteiger partial charge is 0.221 e. The zero-order chi connectivity index (χ0) is 10.4. The molecule has 78 valence electrons. The maximum Gasteiger partial charge on any atom is 0.221 e. The Morgan fingerprint density at radius 1 is 1.64 bits per heavy atom. The fourth-order valence-corrected chi connectivity index (χ4v) is 1.17. The molecule has 0 spiro atoms. The fraction of sp³-hybridized carbons (Fsp3) is 0.556. The molecule has 0 saturated heterocycles.